The van der Waals surface area contributed by atoms with E-state index in [2.05, 4.69) is 16.4 Å². The minimum absolute atomic E-state index is 0.223. The van der Waals surface area contributed by atoms with E-state index in [0.717, 1.165) is 28.6 Å². The van der Waals surface area contributed by atoms with E-state index >= 15 is 0 Å². The topological polar surface area (TPSA) is 92.0 Å². The standard InChI is InChI=1S/C19H22N4O3/c1-3-22-17(24)14(18(25)23(4-2)19(22)26)16-15-12(9-10-20-16)11-7-5-6-8-13(11)21-15/h5-8,16,20-21,24H,3-4,9-10H2,1-2H3. The highest BCUT2D eigenvalue weighted by molar-refractivity contribution is 5.85. The molecule has 1 aliphatic heterocycles. The lowest BCUT2D eigenvalue weighted by molar-refractivity contribution is 0.376. The molecule has 7 heteroatoms. The molecule has 26 heavy (non-hydrogen) atoms. The van der Waals surface area contributed by atoms with Gasteiger partial charge in [0.2, 0.25) is 5.88 Å². The van der Waals surface area contributed by atoms with Crippen LogP contribution in [0, 0.1) is 0 Å². The number of benzene rings is 1. The van der Waals surface area contributed by atoms with Crippen molar-refractivity contribution in [1.29, 1.82) is 0 Å². The minimum atomic E-state index is -0.478. The van der Waals surface area contributed by atoms with Crippen molar-refractivity contribution in [1.82, 2.24) is 19.4 Å². The molecule has 0 spiro atoms. The zero-order valence-electron chi connectivity index (χ0n) is 14.9. The highest BCUT2D eigenvalue weighted by Crippen LogP contribution is 2.34. The monoisotopic (exact) mass is 354 g/mol. The lowest BCUT2D eigenvalue weighted by Crippen LogP contribution is -2.44. The summed E-state index contributed by atoms with van der Waals surface area (Å²) in [5, 5.41) is 15.2. The van der Waals surface area contributed by atoms with E-state index < -0.39 is 17.3 Å². The molecule has 1 atom stereocenters. The van der Waals surface area contributed by atoms with Gasteiger partial charge in [-0.1, -0.05) is 18.2 Å². The Morgan fingerprint density at radius 2 is 1.88 bits per heavy atom. The molecule has 0 bridgehead atoms. The maximum atomic E-state index is 13.0. The van der Waals surface area contributed by atoms with Crippen LogP contribution in [0.15, 0.2) is 33.9 Å². The number of fused-ring (bicyclic) bond motifs is 3. The van der Waals surface area contributed by atoms with Gasteiger partial charge in [0.25, 0.3) is 5.56 Å². The van der Waals surface area contributed by atoms with E-state index in [4.69, 9.17) is 0 Å². The van der Waals surface area contributed by atoms with Crippen LogP contribution in [0.25, 0.3) is 10.9 Å². The maximum Gasteiger partial charge on any atom is 0.333 e. The van der Waals surface area contributed by atoms with Crippen molar-refractivity contribution in [2.75, 3.05) is 6.54 Å². The quantitative estimate of drug-likeness (QED) is 0.664. The minimum Gasteiger partial charge on any atom is -0.494 e. The van der Waals surface area contributed by atoms with E-state index in [9.17, 15) is 14.7 Å². The molecule has 3 aromatic rings. The molecule has 0 saturated carbocycles. The molecule has 2 aromatic heterocycles. The Labute approximate surface area is 149 Å². The number of nitrogens with one attached hydrogen (secondary N) is 2. The van der Waals surface area contributed by atoms with Crippen molar-refractivity contribution in [3.05, 3.63) is 61.9 Å². The molecule has 4 rings (SSSR count). The molecule has 0 radical (unpaired) electrons. The van der Waals surface area contributed by atoms with Crippen molar-refractivity contribution in [3.8, 4) is 5.88 Å². The van der Waals surface area contributed by atoms with Crippen molar-refractivity contribution in [3.63, 3.8) is 0 Å². The van der Waals surface area contributed by atoms with Crippen LogP contribution in [0.3, 0.4) is 0 Å². The average molecular weight is 354 g/mol. The second kappa shape index (κ2) is 6.17. The smallest absolute Gasteiger partial charge is 0.333 e. The van der Waals surface area contributed by atoms with E-state index in [1.807, 2.05) is 18.2 Å². The summed E-state index contributed by atoms with van der Waals surface area (Å²) in [6.45, 7) is 4.78. The number of para-hydroxylation sites is 1. The van der Waals surface area contributed by atoms with Gasteiger partial charge in [0.15, 0.2) is 0 Å². The number of aromatic hydroxyl groups is 1. The number of nitrogens with zero attached hydrogens (tertiary/aromatic N) is 2. The number of hydrogen-bond donors (Lipinski definition) is 3. The summed E-state index contributed by atoms with van der Waals surface area (Å²) in [4.78, 5) is 28.8. The molecule has 1 aliphatic rings. The van der Waals surface area contributed by atoms with Crippen molar-refractivity contribution in [2.45, 2.75) is 39.4 Å². The number of H-pyrrole nitrogens is 1. The van der Waals surface area contributed by atoms with Crippen LogP contribution in [-0.2, 0) is 19.5 Å². The Morgan fingerprint density at radius 1 is 1.15 bits per heavy atom. The second-order valence-corrected chi connectivity index (χ2v) is 6.51. The lowest BCUT2D eigenvalue weighted by atomic mass is 9.95. The fraction of sp³-hybridized carbons (Fsp3) is 0.368. The highest BCUT2D eigenvalue weighted by atomic mass is 16.3. The molecule has 0 fully saturated rings. The fourth-order valence-corrected chi connectivity index (χ4v) is 3.95. The van der Waals surface area contributed by atoms with Gasteiger partial charge in [-0.3, -0.25) is 13.9 Å². The normalized spacial score (nSPS) is 16.8. The van der Waals surface area contributed by atoms with Crippen LogP contribution in [-0.4, -0.2) is 25.8 Å². The summed E-state index contributed by atoms with van der Waals surface area (Å²) in [6.07, 6.45) is 0.839. The fourth-order valence-electron chi connectivity index (χ4n) is 3.95. The Bertz CT molecular complexity index is 1110. The molecule has 0 aliphatic carbocycles. The summed E-state index contributed by atoms with van der Waals surface area (Å²) >= 11 is 0. The summed E-state index contributed by atoms with van der Waals surface area (Å²) in [5.74, 6) is -0.254. The van der Waals surface area contributed by atoms with Crippen molar-refractivity contribution >= 4 is 10.9 Å². The highest BCUT2D eigenvalue weighted by Gasteiger charge is 2.31. The van der Waals surface area contributed by atoms with Crippen LogP contribution in [0.5, 0.6) is 5.88 Å². The van der Waals surface area contributed by atoms with Crippen LogP contribution < -0.4 is 16.6 Å². The molecule has 7 nitrogen and oxygen atoms in total. The van der Waals surface area contributed by atoms with Crippen molar-refractivity contribution in [2.24, 2.45) is 0 Å². The first-order chi connectivity index (χ1) is 12.6. The predicted octanol–water partition coefficient (Wildman–Crippen LogP) is 1.47. The Hall–Kier alpha value is -2.80. The largest absolute Gasteiger partial charge is 0.494 e. The van der Waals surface area contributed by atoms with Gasteiger partial charge in [-0.15, -0.1) is 0 Å². The summed E-state index contributed by atoms with van der Waals surface area (Å²) in [6, 6.07) is 7.54. The molecule has 1 aromatic carbocycles. The van der Waals surface area contributed by atoms with Gasteiger partial charge in [0, 0.05) is 36.2 Å². The van der Waals surface area contributed by atoms with E-state index in [0.29, 0.717) is 13.1 Å². The molecule has 3 N–H and O–H groups in total. The zero-order chi connectivity index (χ0) is 18.4. The molecule has 3 heterocycles. The van der Waals surface area contributed by atoms with Crippen LogP contribution >= 0.6 is 0 Å². The van der Waals surface area contributed by atoms with Gasteiger partial charge in [-0.05, 0) is 31.9 Å². The average Bonchev–Trinajstić information content (AvgIpc) is 3.02. The third-order valence-electron chi connectivity index (χ3n) is 5.21. The number of aromatic amines is 1. The van der Waals surface area contributed by atoms with E-state index in [1.165, 1.54) is 9.13 Å². The van der Waals surface area contributed by atoms with E-state index in [1.54, 1.807) is 13.8 Å². The van der Waals surface area contributed by atoms with Crippen LogP contribution in [0.2, 0.25) is 0 Å². The summed E-state index contributed by atoms with van der Waals surface area (Å²) in [7, 11) is 0. The van der Waals surface area contributed by atoms with Gasteiger partial charge in [0.1, 0.15) is 5.56 Å². The SMILES string of the molecule is CCn1c(O)c(C2NCCc3c2[nH]c2ccccc32)c(=O)n(CC)c1=O. The van der Waals surface area contributed by atoms with E-state index in [-0.39, 0.29) is 18.0 Å². The maximum absolute atomic E-state index is 13.0. The second-order valence-electron chi connectivity index (χ2n) is 6.51. The zero-order valence-corrected chi connectivity index (χ0v) is 14.9. The first kappa shape index (κ1) is 16.7. The van der Waals surface area contributed by atoms with Crippen molar-refractivity contribution < 1.29 is 5.11 Å². The predicted molar refractivity (Wildman–Crippen MR) is 99.8 cm³/mol. The first-order valence-corrected chi connectivity index (χ1v) is 8.97. The summed E-state index contributed by atoms with van der Waals surface area (Å²) in [5.41, 5.74) is 2.35. The third kappa shape index (κ3) is 2.24. The molecule has 0 amide bonds. The van der Waals surface area contributed by atoms with Gasteiger partial charge < -0.3 is 15.4 Å². The molecular weight excluding hydrogens is 332 g/mol. The Kier molecular flexibility index (Phi) is 3.96. The summed E-state index contributed by atoms with van der Waals surface area (Å²) < 4.78 is 2.43. The molecule has 0 saturated heterocycles. The van der Waals surface area contributed by atoms with Crippen LogP contribution in [0.4, 0.5) is 0 Å². The number of hydrogen-bond acceptors (Lipinski definition) is 4. The van der Waals surface area contributed by atoms with Gasteiger partial charge >= 0.3 is 5.69 Å². The Morgan fingerprint density at radius 3 is 2.62 bits per heavy atom. The van der Waals surface area contributed by atoms with Crippen LogP contribution in [0.1, 0.15) is 36.7 Å². The first-order valence-electron chi connectivity index (χ1n) is 8.97. The lowest BCUT2D eigenvalue weighted by Gasteiger charge is -2.26. The third-order valence-corrected chi connectivity index (χ3v) is 5.21. The molecule has 1 unspecified atom stereocenters. The molecular formula is C19H22N4O3. The number of aromatic nitrogens is 3. The Balaban J connectivity index is 2.01. The van der Waals surface area contributed by atoms with Gasteiger partial charge in [0.05, 0.1) is 6.04 Å². The number of rotatable bonds is 3. The van der Waals surface area contributed by atoms with Gasteiger partial charge in [-0.2, -0.15) is 0 Å². The molecule has 136 valence electrons. The van der Waals surface area contributed by atoms with Gasteiger partial charge in [-0.25, -0.2) is 4.79 Å².